The van der Waals surface area contributed by atoms with Crippen molar-refractivity contribution in [2.75, 3.05) is 11.9 Å². The molecule has 0 fully saturated rings. The largest absolute Gasteiger partial charge is 0.462 e. The number of rotatable bonds is 7. The number of carbonyl (C=O) groups is 2. The SMILES string of the molecule is CCOC(=O)c1c(NC(=O)[C@@H](CC)c2ccccc2)sc2c1CC[C@H](CC)C2. The van der Waals surface area contributed by atoms with Crippen LogP contribution in [0.2, 0.25) is 0 Å². The highest BCUT2D eigenvalue weighted by atomic mass is 32.1. The van der Waals surface area contributed by atoms with Gasteiger partial charge in [-0.2, -0.15) is 0 Å². The second kappa shape index (κ2) is 9.37. The molecule has 1 aliphatic carbocycles. The Morgan fingerprint density at radius 3 is 2.61 bits per heavy atom. The summed E-state index contributed by atoms with van der Waals surface area (Å²) in [7, 11) is 0. The predicted octanol–water partition coefficient (Wildman–Crippen LogP) is 5.57. The van der Waals surface area contributed by atoms with E-state index in [2.05, 4.69) is 12.2 Å². The highest BCUT2D eigenvalue weighted by molar-refractivity contribution is 7.17. The van der Waals surface area contributed by atoms with Crippen molar-refractivity contribution in [1.29, 1.82) is 0 Å². The molecule has 4 nitrogen and oxygen atoms in total. The van der Waals surface area contributed by atoms with Crippen molar-refractivity contribution >= 4 is 28.2 Å². The highest BCUT2D eigenvalue weighted by Crippen LogP contribution is 2.41. The van der Waals surface area contributed by atoms with Crippen molar-refractivity contribution < 1.29 is 14.3 Å². The maximum absolute atomic E-state index is 13.1. The molecule has 1 heterocycles. The first kappa shape index (κ1) is 20.6. The van der Waals surface area contributed by atoms with Crippen LogP contribution in [-0.2, 0) is 22.4 Å². The average molecular weight is 400 g/mol. The van der Waals surface area contributed by atoms with Gasteiger partial charge in [-0.1, -0.05) is 50.6 Å². The summed E-state index contributed by atoms with van der Waals surface area (Å²) in [6, 6.07) is 9.80. The van der Waals surface area contributed by atoms with Crippen LogP contribution >= 0.6 is 11.3 Å². The second-order valence-corrected chi connectivity index (χ2v) is 8.41. The molecule has 0 saturated carbocycles. The van der Waals surface area contributed by atoms with Crippen LogP contribution in [0.5, 0.6) is 0 Å². The van der Waals surface area contributed by atoms with E-state index >= 15 is 0 Å². The number of esters is 1. The molecular weight excluding hydrogens is 370 g/mol. The van der Waals surface area contributed by atoms with E-state index < -0.39 is 0 Å². The van der Waals surface area contributed by atoms with Gasteiger partial charge < -0.3 is 10.1 Å². The Balaban J connectivity index is 1.91. The summed E-state index contributed by atoms with van der Waals surface area (Å²) in [6.45, 7) is 6.36. The number of carbonyl (C=O) groups excluding carboxylic acids is 2. The van der Waals surface area contributed by atoms with Gasteiger partial charge in [0.15, 0.2) is 0 Å². The third kappa shape index (κ3) is 4.30. The fourth-order valence-electron chi connectivity index (χ4n) is 3.97. The number of fused-ring (bicyclic) bond motifs is 1. The minimum Gasteiger partial charge on any atom is -0.462 e. The summed E-state index contributed by atoms with van der Waals surface area (Å²) in [5, 5.41) is 3.72. The standard InChI is InChI=1S/C23H29NO3S/c1-4-15-12-13-18-19(14-15)28-22(20(18)23(26)27-6-3)24-21(25)17(5-2)16-10-8-7-9-11-16/h7-11,15,17H,4-6,12-14H2,1-3H3,(H,24,25)/t15-,17-/m0/s1. The number of ether oxygens (including phenoxy) is 1. The minimum atomic E-state index is -0.321. The van der Waals surface area contributed by atoms with Crippen LogP contribution in [0.15, 0.2) is 30.3 Å². The molecule has 0 aliphatic heterocycles. The Labute approximate surface area is 171 Å². The van der Waals surface area contributed by atoms with Crippen molar-refractivity contribution in [3.8, 4) is 0 Å². The molecule has 0 saturated heterocycles. The van der Waals surface area contributed by atoms with Gasteiger partial charge in [-0.15, -0.1) is 11.3 Å². The summed E-state index contributed by atoms with van der Waals surface area (Å²) < 4.78 is 5.32. The van der Waals surface area contributed by atoms with Gasteiger partial charge in [0.1, 0.15) is 5.00 Å². The van der Waals surface area contributed by atoms with Gasteiger partial charge in [-0.3, -0.25) is 4.79 Å². The zero-order chi connectivity index (χ0) is 20.1. The molecule has 1 aromatic carbocycles. The molecule has 2 atom stereocenters. The summed E-state index contributed by atoms with van der Waals surface area (Å²) >= 11 is 1.55. The van der Waals surface area contributed by atoms with Crippen LogP contribution in [0.3, 0.4) is 0 Å². The van der Waals surface area contributed by atoms with E-state index in [9.17, 15) is 9.59 Å². The van der Waals surface area contributed by atoms with Crippen LogP contribution in [-0.4, -0.2) is 18.5 Å². The van der Waals surface area contributed by atoms with E-state index in [0.717, 1.165) is 36.8 Å². The van der Waals surface area contributed by atoms with E-state index in [1.54, 1.807) is 11.3 Å². The first-order chi connectivity index (χ1) is 13.6. The summed E-state index contributed by atoms with van der Waals surface area (Å²) in [6.07, 6.45) is 4.79. The number of hydrogen-bond acceptors (Lipinski definition) is 4. The van der Waals surface area contributed by atoms with E-state index in [1.807, 2.05) is 44.2 Å². The number of thiophene rings is 1. The Kier molecular flexibility index (Phi) is 6.89. The number of benzene rings is 1. The molecule has 5 heteroatoms. The summed E-state index contributed by atoms with van der Waals surface area (Å²) in [5.74, 6) is 0.0270. The Morgan fingerprint density at radius 1 is 1.21 bits per heavy atom. The van der Waals surface area contributed by atoms with Crippen molar-refractivity contribution in [2.24, 2.45) is 5.92 Å². The van der Waals surface area contributed by atoms with Crippen molar-refractivity contribution in [2.45, 2.75) is 58.8 Å². The molecule has 1 N–H and O–H groups in total. The molecule has 150 valence electrons. The smallest absolute Gasteiger partial charge is 0.341 e. The van der Waals surface area contributed by atoms with Crippen LogP contribution in [0.25, 0.3) is 0 Å². The molecular formula is C23H29NO3S. The first-order valence-electron chi connectivity index (χ1n) is 10.3. The van der Waals surface area contributed by atoms with E-state index in [1.165, 1.54) is 4.88 Å². The van der Waals surface area contributed by atoms with Crippen LogP contribution in [0, 0.1) is 5.92 Å². The van der Waals surface area contributed by atoms with Crippen molar-refractivity contribution in [3.05, 3.63) is 51.9 Å². The van der Waals surface area contributed by atoms with Gasteiger partial charge in [0.05, 0.1) is 18.1 Å². The molecule has 28 heavy (non-hydrogen) atoms. The monoisotopic (exact) mass is 399 g/mol. The predicted molar refractivity (Wildman–Crippen MR) is 114 cm³/mol. The zero-order valence-corrected chi connectivity index (χ0v) is 17.7. The molecule has 0 unspecified atom stereocenters. The lowest BCUT2D eigenvalue weighted by atomic mass is 9.85. The van der Waals surface area contributed by atoms with Gasteiger partial charge in [0.25, 0.3) is 0 Å². The quantitative estimate of drug-likeness (QED) is 0.619. The highest BCUT2D eigenvalue weighted by Gasteiger charge is 2.31. The number of amides is 1. The van der Waals surface area contributed by atoms with Crippen molar-refractivity contribution in [1.82, 2.24) is 0 Å². The molecule has 3 rings (SSSR count). The summed E-state index contributed by atoms with van der Waals surface area (Å²) in [4.78, 5) is 27.0. The van der Waals surface area contributed by atoms with Crippen LogP contribution in [0.4, 0.5) is 5.00 Å². The van der Waals surface area contributed by atoms with Crippen molar-refractivity contribution in [3.63, 3.8) is 0 Å². The Hall–Kier alpha value is -2.14. The molecule has 0 spiro atoms. The third-order valence-electron chi connectivity index (χ3n) is 5.59. The van der Waals surface area contributed by atoms with Gasteiger partial charge >= 0.3 is 5.97 Å². The second-order valence-electron chi connectivity index (χ2n) is 7.31. The molecule has 1 aliphatic rings. The molecule has 1 aromatic heterocycles. The first-order valence-corrected chi connectivity index (χ1v) is 11.1. The summed E-state index contributed by atoms with van der Waals surface area (Å²) in [5.41, 5.74) is 2.65. The number of nitrogens with one attached hydrogen (secondary N) is 1. The fourth-order valence-corrected chi connectivity index (χ4v) is 5.32. The zero-order valence-electron chi connectivity index (χ0n) is 16.9. The minimum absolute atomic E-state index is 0.0649. The molecule has 1 amide bonds. The van der Waals surface area contributed by atoms with E-state index in [0.29, 0.717) is 29.5 Å². The van der Waals surface area contributed by atoms with Crippen LogP contribution < -0.4 is 5.32 Å². The van der Waals surface area contributed by atoms with Gasteiger partial charge in [0.2, 0.25) is 5.91 Å². The average Bonchev–Trinajstić information content (AvgIpc) is 3.06. The topological polar surface area (TPSA) is 55.4 Å². The maximum Gasteiger partial charge on any atom is 0.341 e. The number of hydrogen-bond donors (Lipinski definition) is 1. The lowest BCUT2D eigenvalue weighted by Gasteiger charge is -2.21. The molecule has 0 bridgehead atoms. The van der Waals surface area contributed by atoms with Gasteiger partial charge in [0, 0.05) is 4.88 Å². The lowest BCUT2D eigenvalue weighted by molar-refractivity contribution is -0.117. The number of anilines is 1. The van der Waals surface area contributed by atoms with Crippen LogP contribution in [0.1, 0.15) is 72.3 Å². The normalized spacial score (nSPS) is 16.9. The van der Waals surface area contributed by atoms with Gasteiger partial charge in [-0.05, 0) is 49.7 Å². The molecule has 2 aromatic rings. The Bertz CT molecular complexity index is 828. The third-order valence-corrected chi connectivity index (χ3v) is 6.76. The van der Waals surface area contributed by atoms with E-state index in [-0.39, 0.29) is 17.8 Å². The molecule has 0 radical (unpaired) electrons. The lowest BCUT2D eigenvalue weighted by Crippen LogP contribution is -2.22. The Morgan fingerprint density at radius 2 is 1.96 bits per heavy atom. The maximum atomic E-state index is 13.1. The van der Waals surface area contributed by atoms with E-state index in [4.69, 9.17) is 4.74 Å². The van der Waals surface area contributed by atoms with Gasteiger partial charge in [-0.25, -0.2) is 4.79 Å². The fraction of sp³-hybridized carbons (Fsp3) is 0.478.